The number of rotatable bonds is 6. The number of hydrogen-bond acceptors (Lipinski definition) is 9. The van der Waals surface area contributed by atoms with E-state index >= 15 is 0 Å². The number of aromatic nitrogens is 3. The van der Waals surface area contributed by atoms with Crippen LogP contribution >= 0.6 is 0 Å². The lowest BCUT2D eigenvalue weighted by Crippen LogP contribution is -2.49. The number of carbonyl (C=O) groups excluding carboxylic acids is 1. The quantitative estimate of drug-likeness (QED) is 0.404. The van der Waals surface area contributed by atoms with Crippen molar-refractivity contribution >= 4 is 28.6 Å². The molecule has 1 unspecified atom stereocenters. The van der Waals surface area contributed by atoms with Crippen LogP contribution in [0.1, 0.15) is 23.1 Å². The van der Waals surface area contributed by atoms with Crippen LogP contribution in [0.25, 0.3) is 22.0 Å². The minimum Gasteiger partial charge on any atom is -0.377 e. The highest BCUT2D eigenvalue weighted by atomic mass is 16.5. The van der Waals surface area contributed by atoms with Crippen molar-refractivity contribution in [3.63, 3.8) is 0 Å². The van der Waals surface area contributed by atoms with Gasteiger partial charge in [-0.15, -0.1) is 0 Å². The minimum absolute atomic E-state index is 0.0287. The summed E-state index contributed by atoms with van der Waals surface area (Å²) >= 11 is 0. The Morgan fingerprint density at radius 1 is 1.03 bits per heavy atom. The van der Waals surface area contributed by atoms with E-state index in [1.54, 1.807) is 0 Å². The van der Waals surface area contributed by atoms with Gasteiger partial charge in [0.2, 0.25) is 11.9 Å². The molecule has 2 aromatic carbocycles. The first-order valence-electron chi connectivity index (χ1n) is 13.4. The SMILES string of the molecule is Cc1noc(C)c1-c1ccc2nc(N3CCN(CC(N)=O)CC3)nc(N3CCOCC3c3ccccc3)c2c1. The van der Waals surface area contributed by atoms with Crippen molar-refractivity contribution in [1.29, 1.82) is 0 Å². The van der Waals surface area contributed by atoms with Crippen LogP contribution in [0.4, 0.5) is 11.8 Å². The lowest BCUT2D eigenvalue weighted by Gasteiger charge is -2.38. The second-order valence-electron chi connectivity index (χ2n) is 10.2. The third-order valence-electron chi connectivity index (χ3n) is 7.61. The summed E-state index contributed by atoms with van der Waals surface area (Å²) in [5.74, 6) is 2.06. The molecule has 202 valence electrons. The van der Waals surface area contributed by atoms with Crippen molar-refractivity contribution in [1.82, 2.24) is 20.0 Å². The van der Waals surface area contributed by atoms with Gasteiger partial charge in [0.1, 0.15) is 11.6 Å². The van der Waals surface area contributed by atoms with Gasteiger partial charge in [-0.3, -0.25) is 9.69 Å². The molecule has 1 atom stereocenters. The molecule has 2 N–H and O–H groups in total. The van der Waals surface area contributed by atoms with E-state index in [2.05, 4.69) is 62.3 Å². The van der Waals surface area contributed by atoms with Crippen molar-refractivity contribution in [3.05, 3.63) is 65.5 Å². The topological polar surface area (TPSA) is 114 Å². The molecule has 0 aliphatic carbocycles. The fourth-order valence-corrected chi connectivity index (χ4v) is 5.65. The third kappa shape index (κ3) is 5.05. The van der Waals surface area contributed by atoms with E-state index in [-0.39, 0.29) is 18.5 Å². The molecule has 6 rings (SSSR count). The van der Waals surface area contributed by atoms with Gasteiger partial charge in [-0.1, -0.05) is 41.6 Å². The van der Waals surface area contributed by atoms with E-state index in [0.717, 1.165) is 65.5 Å². The molecule has 2 saturated heterocycles. The monoisotopic (exact) mass is 527 g/mol. The molecule has 2 fully saturated rings. The number of primary amides is 1. The Morgan fingerprint density at radius 3 is 2.54 bits per heavy atom. The summed E-state index contributed by atoms with van der Waals surface area (Å²) in [6.07, 6.45) is 0. The number of amides is 1. The van der Waals surface area contributed by atoms with E-state index in [4.69, 9.17) is 25.0 Å². The molecule has 0 bridgehead atoms. The average Bonchev–Trinajstić information content (AvgIpc) is 3.30. The molecular formula is C29H33N7O3. The standard InChI is InChI=1S/C29H33N7O3/c1-19-27(20(2)39-33-19)22-8-9-24-23(16-22)28(36-14-15-38-18-25(36)21-6-4-3-5-7-21)32-29(31-24)35-12-10-34(11-13-35)17-26(30)37/h3-9,16,25H,10-15,17-18H2,1-2H3,(H2,30,37). The maximum atomic E-state index is 11.4. The predicted octanol–water partition coefficient (Wildman–Crippen LogP) is 3.09. The molecule has 0 radical (unpaired) electrons. The predicted molar refractivity (Wildman–Crippen MR) is 150 cm³/mol. The van der Waals surface area contributed by atoms with Gasteiger partial charge in [-0.2, -0.15) is 4.98 Å². The van der Waals surface area contributed by atoms with Crippen molar-refractivity contribution in [3.8, 4) is 11.1 Å². The van der Waals surface area contributed by atoms with Crippen LogP contribution < -0.4 is 15.5 Å². The highest BCUT2D eigenvalue weighted by Gasteiger charge is 2.29. The number of nitrogens with zero attached hydrogens (tertiary/aromatic N) is 6. The Kier molecular flexibility index (Phi) is 6.88. The molecular weight excluding hydrogens is 494 g/mol. The summed E-state index contributed by atoms with van der Waals surface area (Å²) in [6.45, 7) is 9.00. The molecule has 0 saturated carbocycles. The van der Waals surface area contributed by atoms with Gasteiger partial charge in [0.05, 0.1) is 37.0 Å². The number of benzene rings is 2. The first-order chi connectivity index (χ1) is 19.0. The van der Waals surface area contributed by atoms with Crippen LogP contribution in [-0.2, 0) is 9.53 Å². The van der Waals surface area contributed by atoms with E-state index in [0.29, 0.717) is 25.7 Å². The number of nitrogens with two attached hydrogens (primary N) is 1. The molecule has 0 spiro atoms. The molecule has 2 aliphatic rings. The number of ether oxygens (including phenoxy) is 1. The lowest BCUT2D eigenvalue weighted by molar-refractivity contribution is -0.119. The Balaban J connectivity index is 1.45. The molecule has 4 aromatic rings. The first kappa shape index (κ1) is 25.3. The Labute approximate surface area is 227 Å². The van der Waals surface area contributed by atoms with Crippen LogP contribution in [0.2, 0.25) is 0 Å². The van der Waals surface area contributed by atoms with Gasteiger partial charge in [0, 0.05) is 43.7 Å². The Bertz CT molecular complexity index is 1460. The maximum absolute atomic E-state index is 11.4. The van der Waals surface area contributed by atoms with Crippen molar-refractivity contribution in [2.45, 2.75) is 19.9 Å². The summed E-state index contributed by atoms with van der Waals surface area (Å²) in [5.41, 5.74) is 10.4. The zero-order chi connectivity index (χ0) is 26.9. The molecule has 4 heterocycles. The molecule has 10 nitrogen and oxygen atoms in total. The summed E-state index contributed by atoms with van der Waals surface area (Å²) in [4.78, 5) is 28.3. The maximum Gasteiger partial charge on any atom is 0.231 e. The van der Waals surface area contributed by atoms with Crippen molar-refractivity contribution in [2.24, 2.45) is 5.73 Å². The van der Waals surface area contributed by atoms with E-state index in [9.17, 15) is 4.79 Å². The lowest BCUT2D eigenvalue weighted by atomic mass is 10.0. The Morgan fingerprint density at radius 2 is 1.82 bits per heavy atom. The highest BCUT2D eigenvalue weighted by Crippen LogP contribution is 2.37. The van der Waals surface area contributed by atoms with E-state index < -0.39 is 0 Å². The van der Waals surface area contributed by atoms with Gasteiger partial charge in [-0.05, 0) is 37.1 Å². The minimum atomic E-state index is -0.305. The van der Waals surface area contributed by atoms with Crippen LogP contribution in [0.3, 0.4) is 0 Å². The number of anilines is 2. The van der Waals surface area contributed by atoms with Gasteiger partial charge < -0.3 is 24.8 Å². The fourth-order valence-electron chi connectivity index (χ4n) is 5.65. The number of piperazine rings is 1. The summed E-state index contributed by atoms with van der Waals surface area (Å²) < 4.78 is 11.4. The zero-order valence-electron chi connectivity index (χ0n) is 22.3. The summed E-state index contributed by atoms with van der Waals surface area (Å²) in [5, 5.41) is 5.14. The van der Waals surface area contributed by atoms with Gasteiger partial charge in [-0.25, -0.2) is 4.98 Å². The number of aryl methyl sites for hydroxylation is 2. The second-order valence-corrected chi connectivity index (χ2v) is 10.2. The zero-order valence-corrected chi connectivity index (χ0v) is 22.3. The largest absolute Gasteiger partial charge is 0.377 e. The van der Waals surface area contributed by atoms with Gasteiger partial charge in [0.15, 0.2) is 0 Å². The molecule has 10 heteroatoms. The summed E-state index contributed by atoms with van der Waals surface area (Å²) in [7, 11) is 0. The number of morpholine rings is 1. The smallest absolute Gasteiger partial charge is 0.231 e. The normalized spacial score (nSPS) is 18.6. The van der Waals surface area contributed by atoms with Crippen LogP contribution in [0.5, 0.6) is 0 Å². The first-order valence-corrected chi connectivity index (χ1v) is 13.4. The molecule has 2 aromatic heterocycles. The number of fused-ring (bicyclic) bond motifs is 1. The van der Waals surface area contributed by atoms with Crippen LogP contribution in [0, 0.1) is 13.8 Å². The Hall–Kier alpha value is -4.02. The molecule has 2 aliphatic heterocycles. The van der Waals surface area contributed by atoms with Crippen LogP contribution in [-0.4, -0.2) is 78.4 Å². The second kappa shape index (κ2) is 10.6. The number of hydrogen-bond donors (Lipinski definition) is 1. The van der Waals surface area contributed by atoms with Gasteiger partial charge in [0.25, 0.3) is 0 Å². The number of carbonyl (C=O) groups is 1. The van der Waals surface area contributed by atoms with E-state index in [1.807, 2.05) is 19.9 Å². The molecule has 39 heavy (non-hydrogen) atoms. The average molecular weight is 528 g/mol. The van der Waals surface area contributed by atoms with Crippen molar-refractivity contribution < 1.29 is 14.1 Å². The van der Waals surface area contributed by atoms with E-state index in [1.165, 1.54) is 5.56 Å². The van der Waals surface area contributed by atoms with Crippen LogP contribution in [0.15, 0.2) is 53.1 Å². The molecule has 1 amide bonds. The highest BCUT2D eigenvalue weighted by molar-refractivity contribution is 5.94. The third-order valence-corrected chi connectivity index (χ3v) is 7.61. The van der Waals surface area contributed by atoms with Crippen molar-refractivity contribution in [2.75, 3.05) is 62.3 Å². The van der Waals surface area contributed by atoms with Gasteiger partial charge >= 0.3 is 0 Å². The fraction of sp³-hybridized carbons (Fsp3) is 0.379. The summed E-state index contributed by atoms with van der Waals surface area (Å²) in [6, 6.07) is 16.8.